The minimum Gasteiger partial charge on any atom is -0.480 e. The predicted octanol–water partition coefficient (Wildman–Crippen LogP) is 2.33. The lowest BCUT2D eigenvalue weighted by Gasteiger charge is -2.17. The number of nitrogens with one attached hydrogen (secondary N) is 2. The van der Waals surface area contributed by atoms with Crippen LogP contribution >= 0.6 is 0 Å². The zero-order valence-electron chi connectivity index (χ0n) is 15.2. The first-order valence-corrected chi connectivity index (χ1v) is 8.67. The first kappa shape index (κ1) is 19.2. The molecule has 8 heteroatoms. The second-order valence-corrected chi connectivity index (χ2v) is 6.23. The Morgan fingerprint density at radius 1 is 1.00 bits per heavy atom. The largest absolute Gasteiger partial charge is 0.480 e. The number of carbonyl (C=O) groups is 3. The monoisotopic (exact) mass is 384 g/mol. The van der Waals surface area contributed by atoms with Crippen LogP contribution in [0.1, 0.15) is 17.0 Å². The Morgan fingerprint density at radius 3 is 2.11 bits per heavy atom. The third kappa shape index (κ3) is 4.06. The van der Waals surface area contributed by atoms with Gasteiger partial charge in [-0.2, -0.15) is 0 Å². The van der Waals surface area contributed by atoms with E-state index in [-0.39, 0.29) is 19.1 Å². The van der Waals surface area contributed by atoms with E-state index in [9.17, 15) is 19.5 Å². The summed E-state index contributed by atoms with van der Waals surface area (Å²) in [6.07, 6.45) is -1.67. The van der Waals surface area contributed by atoms with Crippen molar-refractivity contribution in [2.24, 2.45) is 0 Å². The van der Waals surface area contributed by atoms with Gasteiger partial charge in [0.1, 0.15) is 12.6 Å². The number of rotatable bonds is 6. The number of hydrogen-bond donors (Lipinski definition) is 3. The van der Waals surface area contributed by atoms with Gasteiger partial charge in [-0.05, 0) is 22.3 Å². The summed E-state index contributed by atoms with van der Waals surface area (Å²) in [7, 11) is 1.16. The maximum absolute atomic E-state index is 12.1. The number of fused-ring (bicyclic) bond motifs is 3. The van der Waals surface area contributed by atoms with E-state index in [1.54, 1.807) is 0 Å². The van der Waals surface area contributed by atoms with Crippen molar-refractivity contribution in [2.45, 2.75) is 12.0 Å². The predicted molar refractivity (Wildman–Crippen MR) is 100 cm³/mol. The molecule has 0 bridgehead atoms. The Morgan fingerprint density at radius 2 is 1.57 bits per heavy atom. The molecule has 1 aliphatic rings. The third-order valence-electron chi connectivity index (χ3n) is 4.57. The van der Waals surface area contributed by atoms with Gasteiger partial charge in [0.15, 0.2) is 0 Å². The van der Waals surface area contributed by atoms with Crippen LogP contribution in [0.2, 0.25) is 0 Å². The summed E-state index contributed by atoms with van der Waals surface area (Å²) in [5, 5.41) is 13.7. The molecule has 2 aromatic rings. The standard InChI is InChI=1S/C20H20N2O6/c1-27-19(25)21-10-17(18(23)24)22-20(26)28-11-16-14-8-4-2-6-12(14)13-7-3-5-9-15(13)16/h2-9,16-17H,10-11H2,1H3,(H,21,25)(H,22,26)(H,23,24)/t17-/m1/s1. The maximum atomic E-state index is 12.1. The van der Waals surface area contributed by atoms with Crippen LogP contribution < -0.4 is 10.6 Å². The summed E-state index contributed by atoms with van der Waals surface area (Å²) in [6, 6.07) is 14.4. The molecule has 1 atom stereocenters. The summed E-state index contributed by atoms with van der Waals surface area (Å²) < 4.78 is 9.68. The fourth-order valence-corrected chi connectivity index (χ4v) is 3.24. The van der Waals surface area contributed by atoms with E-state index in [2.05, 4.69) is 15.4 Å². The van der Waals surface area contributed by atoms with Gasteiger partial charge in [-0.3, -0.25) is 0 Å². The van der Waals surface area contributed by atoms with Crippen molar-refractivity contribution in [3.8, 4) is 11.1 Å². The molecule has 0 spiro atoms. The van der Waals surface area contributed by atoms with E-state index in [1.807, 2.05) is 48.5 Å². The van der Waals surface area contributed by atoms with Gasteiger partial charge in [-0.1, -0.05) is 48.5 Å². The first-order chi connectivity index (χ1) is 13.5. The molecule has 0 aliphatic heterocycles. The SMILES string of the molecule is COC(=O)NC[C@@H](NC(=O)OCC1c2ccccc2-c2ccccc21)C(=O)O. The Labute approximate surface area is 161 Å². The average molecular weight is 384 g/mol. The Bertz CT molecular complexity index is 852. The lowest BCUT2D eigenvalue weighted by molar-refractivity contribution is -0.139. The molecule has 0 saturated heterocycles. The van der Waals surface area contributed by atoms with Crippen molar-refractivity contribution in [1.29, 1.82) is 0 Å². The lowest BCUT2D eigenvalue weighted by Crippen LogP contribution is -2.48. The highest BCUT2D eigenvalue weighted by molar-refractivity contribution is 5.81. The fourth-order valence-electron chi connectivity index (χ4n) is 3.24. The molecule has 28 heavy (non-hydrogen) atoms. The maximum Gasteiger partial charge on any atom is 0.407 e. The van der Waals surface area contributed by atoms with Crippen LogP contribution in [0.15, 0.2) is 48.5 Å². The van der Waals surface area contributed by atoms with Crippen molar-refractivity contribution >= 4 is 18.2 Å². The summed E-state index contributed by atoms with van der Waals surface area (Å²) in [6.45, 7) is -0.261. The highest BCUT2D eigenvalue weighted by Gasteiger charge is 2.29. The normalized spacial score (nSPS) is 13.0. The smallest absolute Gasteiger partial charge is 0.407 e. The molecule has 0 radical (unpaired) electrons. The minimum atomic E-state index is -1.34. The number of methoxy groups -OCH3 is 1. The van der Waals surface area contributed by atoms with Crippen molar-refractivity contribution in [2.75, 3.05) is 20.3 Å². The molecule has 0 heterocycles. The van der Waals surface area contributed by atoms with Crippen molar-refractivity contribution in [1.82, 2.24) is 10.6 Å². The van der Waals surface area contributed by atoms with Crippen LogP contribution in [0.3, 0.4) is 0 Å². The Hall–Kier alpha value is -3.55. The van der Waals surface area contributed by atoms with Gasteiger partial charge in [-0.15, -0.1) is 0 Å². The van der Waals surface area contributed by atoms with E-state index in [0.717, 1.165) is 29.4 Å². The number of ether oxygens (including phenoxy) is 2. The van der Waals surface area contributed by atoms with E-state index < -0.39 is 24.2 Å². The number of amides is 2. The summed E-state index contributed by atoms with van der Waals surface area (Å²) >= 11 is 0. The zero-order chi connectivity index (χ0) is 20.1. The number of carboxylic acids is 1. The molecule has 2 aromatic carbocycles. The number of hydrogen-bond acceptors (Lipinski definition) is 5. The number of benzene rings is 2. The van der Waals surface area contributed by atoms with Crippen LogP contribution in [0.25, 0.3) is 11.1 Å². The average Bonchev–Trinajstić information content (AvgIpc) is 3.03. The molecule has 8 nitrogen and oxygen atoms in total. The first-order valence-electron chi connectivity index (χ1n) is 8.67. The molecular formula is C20H20N2O6. The molecule has 2 amide bonds. The van der Waals surface area contributed by atoms with Crippen LogP contribution in [0.5, 0.6) is 0 Å². The highest BCUT2D eigenvalue weighted by atomic mass is 16.6. The molecule has 3 N–H and O–H groups in total. The van der Waals surface area contributed by atoms with Gasteiger partial charge in [0.2, 0.25) is 0 Å². The second kappa shape index (κ2) is 8.43. The van der Waals surface area contributed by atoms with Crippen LogP contribution in [-0.2, 0) is 14.3 Å². The summed E-state index contributed by atoms with van der Waals surface area (Å²) in [5.41, 5.74) is 4.30. The second-order valence-electron chi connectivity index (χ2n) is 6.23. The molecule has 1 aliphatic carbocycles. The van der Waals surface area contributed by atoms with Crippen molar-refractivity contribution in [3.63, 3.8) is 0 Å². The minimum absolute atomic E-state index is 0.0661. The van der Waals surface area contributed by atoms with Gasteiger partial charge >= 0.3 is 18.2 Å². The summed E-state index contributed by atoms with van der Waals surface area (Å²) in [5.74, 6) is -1.43. The van der Waals surface area contributed by atoms with Crippen LogP contribution in [-0.4, -0.2) is 49.6 Å². The molecular weight excluding hydrogens is 364 g/mol. The van der Waals surface area contributed by atoms with Crippen LogP contribution in [0.4, 0.5) is 9.59 Å². The fraction of sp³-hybridized carbons (Fsp3) is 0.250. The molecule has 0 fully saturated rings. The number of carbonyl (C=O) groups excluding carboxylic acids is 2. The van der Waals surface area contributed by atoms with Gasteiger partial charge in [-0.25, -0.2) is 14.4 Å². The summed E-state index contributed by atoms with van der Waals surface area (Å²) in [4.78, 5) is 34.5. The van der Waals surface area contributed by atoms with Gasteiger partial charge < -0.3 is 25.2 Å². The zero-order valence-corrected chi connectivity index (χ0v) is 15.2. The number of alkyl carbamates (subject to hydrolysis) is 2. The van der Waals surface area contributed by atoms with Crippen molar-refractivity contribution in [3.05, 3.63) is 59.7 Å². The highest BCUT2D eigenvalue weighted by Crippen LogP contribution is 2.44. The van der Waals surface area contributed by atoms with Gasteiger partial charge in [0, 0.05) is 5.92 Å². The lowest BCUT2D eigenvalue weighted by atomic mass is 9.98. The quantitative estimate of drug-likeness (QED) is 0.704. The molecule has 0 saturated carbocycles. The van der Waals surface area contributed by atoms with Gasteiger partial charge in [0.25, 0.3) is 0 Å². The van der Waals surface area contributed by atoms with Crippen LogP contribution in [0, 0.1) is 0 Å². The van der Waals surface area contributed by atoms with Gasteiger partial charge in [0.05, 0.1) is 13.7 Å². The molecule has 0 unspecified atom stereocenters. The molecule has 3 rings (SSSR count). The van der Waals surface area contributed by atoms with E-state index in [4.69, 9.17) is 4.74 Å². The van der Waals surface area contributed by atoms with E-state index in [1.165, 1.54) is 0 Å². The Kier molecular flexibility index (Phi) is 5.78. The molecule has 0 aromatic heterocycles. The number of carboxylic acid groups (broad SMARTS) is 1. The third-order valence-corrected chi connectivity index (χ3v) is 4.57. The van der Waals surface area contributed by atoms with E-state index in [0.29, 0.717) is 0 Å². The van der Waals surface area contributed by atoms with E-state index >= 15 is 0 Å². The number of aliphatic carboxylic acids is 1. The molecule has 146 valence electrons. The Balaban J connectivity index is 1.64. The van der Waals surface area contributed by atoms with Crippen molar-refractivity contribution < 1.29 is 29.0 Å². The topological polar surface area (TPSA) is 114 Å².